The Morgan fingerprint density at radius 3 is 2.42 bits per heavy atom. The number of hydrogen-bond donors (Lipinski definition) is 2. The Kier molecular flexibility index (Phi) is 4.20. The minimum Gasteiger partial charge on any atom is -0.494 e. The summed E-state index contributed by atoms with van der Waals surface area (Å²) in [4.78, 5) is 12.9. The number of nitro benzene ring substituents is 1. The van der Waals surface area contributed by atoms with Gasteiger partial charge in [0.1, 0.15) is 0 Å². The van der Waals surface area contributed by atoms with Crippen molar-refractivity contribution in [2.75, 3.05) is 19.1 Å². The molecule has 0 aliphatic carbocycles. The first-order chi connectivity index (χ1) is 15.6. The molecule has 1 unspecified atom stereocenters. The van der Waals surface area contributed by atoms with Crippen molar-refractivity contribution < 1.29 is 24.6 Å². The largest absolute Gasteiger partial charge is 0.494 e. The number of nitro groups is 1. The van der Waals surface area contributed by atoms with Crippen LogP contribution in [0, 0.1) is 10.1 Å². The second kappa shape index (κ2) is 6.68. The lowest BCUT2D eigenvalue weighted by atomic mass is 9.76. The zero-order valence-corrected chi connectivity index (χ0v) is 18.6. The first kappa shape index (κ1) is 20.7. The van der Waals surface area contributed by atoms with Crippen LogP contribution in [-0.4, -0.2) is 39.6 Å². The summed E-state index contributed by atoms with van der Waals surface area (Å²) < 4.78 is 13.4. The fraction of sp³-hybridized carbons (Fsp3) is 0.250. The Bertz CT molecular complexity index is 1320. The first-order valence-electron chi connectivity index (χ1n) is 10.3. The zero-order valence-electron chi connectivity index (χ0n) is 18.6. The number of non-ortho nitro benzene ring substituents is 1. The highest BCUT2D eigenvalue weighted by atomic mass is 16.6. The Morgan fingerprint density at radius 1 is 1.09 bits per heavy atom. The summed E-state index contributed by atoms with van der Waals surface area (Å²) in [5, 5.41) is 31.7. The van der Waals surface area contributed by atoms with Gasteiger partial charge >= 0.3 is 0 Å². The van der Waals surface area contributed by atoms with Crippen molar-refractivity contribution in [3.05, 3.63) is 69.8 Å². The van der Waals surface area contributed by atoms with Gasteiger partial charge in [-0.1, -0.05) is 0 Å². The highest BCUT2D eigenvalue weighted by molar-refractivity contribution is 5.76. The fourth-order valence-corrected chi connectivity index (χ4v) is 4.93. The third-order valence-corrected chi connectivity index (χ3v) is 6.75. The van der Waals surface area contributed by atoms with Crippen molar-refractivity contribution in [1.82, 2.24) is 4.57 Å². The van der Waals surface area contributed by atoms with Gasteiger partial charge in [0.25, 0.3) is 5.69 Å². The van der Waals surface area contributed by atoms with Crippen LogP contribution in [0.25, 0.3) is 11.8 Å². The summed E-state index contributed by atoms with van der Waals surface area (Å²) in [5.74, 6) is 0.575. The summed E-state index contributed by atoms with van der Waals surface area (Å²) in [7, 11) is 3.37. The summed E-state index contributed by atoms with van der Waals surface area (Å²) >= 11 is 0. The van der Waals surface area contributed by atoms with Gasteiger partial charge in [-0.3, -0.25) is 14.7 Å². The highest BCUT2D eigenvalue weighted by Crippen LogP contribution is 2.56. The van der Waals surface area contributed by atoms with Gasteiger partial charge in [0.2, 0.25) is 5.72 Å². The van der Waals surface area contributed by atoms with E-state index in [1.807, 2.05) is 56.1 Å². The summed E-state index contributed by atoms with van der Waals surface area (Å²) in [6.07, 6.45) is 3.73. The molecule has 170 valence electrons. The number of methoxy groups -OCH3 is 1. The molecule has 1 atom stereocenters. The van der Waals surface area contributed by atoms with E-state index in [4.69, 9.17) is 9.47 Å². The maximum absolute atomic E-state index is 11.3. The molecule has 3 heterocycles. The molecule has 9 heteroatoms. The molecule has 2 aromatic carbocycles. The van der Waals surface area contributed by atoms with Crippen LogP contribution in [-0.2, 0) is 5.41 Å². The molecule has 0 radical (unpaired) electrons. The van der Waals surface area contributed by atoms with Crippen molar-refractivity contribution in [1.29, 1.82) is 0 Å². The van der Waals surface area contributed by atoms with Crippen LogP contribution in [0.2, 0.25) is 0 Å². The van der Waals surface area contributed by atoms with E-state index in [0.29, 0.717) is 17.0 Å². The molecule has 3 aromatic rings. The van der Waals surface area contributed by atoms with Crippen LogP contribution in [0.4, 0.5) is 11.4 Å². The Morgan fingerprint density at radius 2 is 1.79 bits per heavy atom. The fourth-order valence-electron chi connectivity index (χ4n) is 4.93. The van der Waals surface area contributed by atoms with Gasteiger partial charge in [-0.25, -0.2) is 0 Å². The number of anilines is 1. The van der Waals surface area contributed by atoms with Gasteiger partial charge in [0.05, 0.1) is 29.2 Å². The minimum absolute atomic E-state index is 0.0691. The van der Waals surface area contributed by atoms with Crippen LogP contribution in [0.3, 0.4) is 0 Å². The molecule has 2 N–H and O–H groups in total. The van der Waals surface area contributed by atoms with Gasteiger partial charge in [-0.2, -0.15) is 0 Å². The summed E-state index contributed by atoms with van der Waals surface area (Å²) in [6.45, 7) is 4.09. The second-order valence-corrected chi connectivity index (χ2v) is 8.73. The molecule has 33 heavy (non-hydrogen) atoms. The molecule has 0 saturated heterocycles. The monoisotopic (exact) mass is 449 g/mol. The molecular formula is C24H23N3O6. The van der Waals surface area contributed by atoms with Crippen LogP contribution < -0.4 is 14.4 Å². The molecule has 0 bridgehead atoms. The Labute approximate surface area is 189 Å². The number of aromatic hydroxyl groups is 2. The average Bonchev–Trinajstić information content (AvgIpc) is 3.20. The Balaban J connectivity index is 1.65. The molecule has 5 rings (SSSR count). The number of ether oxygens (including phenoxy) is 2. The van der Waals surface area contributed by atoms with E-state index < -0.39 is 16.1 Å². The van der Waals surface area contributed by atoms with E-state index in [1.165, 1.54) is 35.9 Å². The number of aromatic nitrogens is 1. The molecule has 1 aromatic heterocycles. The Hall–Kier alpha value is -4.14. The maximum atomic E-state index is 11.3. The van der Waals surface area contributed by atoms with E-state index in [-0.39, 0.29) is 23.2 Å². The molecule has 2 aliphatic rings. The zero-order chi connectivity index (χ0) is 23.7. The van der Waals surface area contributed by atoms with Crippen LogP contribution >= 0.6 is 0 Å². The van der Waals surface area contributed by atoms with E-state index in [9.17, 15) is 20.3 Å². The topological polar surface area (TPSA) is 110 Å². The lowest BCUT2D eigenvalue weighted by Crippen LogP contribution is -2.58. The quantitative estimate of drug-likeness (QED) is 0.452. The highest BCUT2D eigenvalue weighted by Gasteiger charge is 2.58. The summed E-state index contributed by atoms with van der Waals surface area (Å²) in [6, 6.07) is 11.3. The van der Waals surface area contributed by atoms with Gasteiger partial charge in [0.15, 0.2) is 23.3 Å². The SMILES string of the molecule is COc1cc([N+](=O)[O-])cc2c1OC1(C=C2)N(C)c2ccc(-n3c(O)ccc3O)cc2C1(C)C. The third-order valence-electron chi connectivity index (χ3n) is 6.75. The molecule has 0 fully saturated rings. The smallest absolute Gasteiger partial charge is 0.274 e. The van der Waals surface area contributed by atoms with Gasteiger partial charge in [0, 0.05) is 36.5 Å². The number of rotatable bonds is 3. The lowest BCUT2D eigenvalue weighted by Gasteiger charge is -2.45. The minimum atomic E-state index is -0.939. The van der Waals surface area contributed by atoms with Crippen molar-refractivity contribution in [3.8, 4) is 28.9 Å². The third kappa shape index (κ3) is 2.65. The van der Waals surface area contributed by atoms with Gasteiger partial charge in [-0.15, -0.1) is 0 Å². The predicted octanol–water partition coefficient (Wildman–Crippen LogP) is 4.33. The number of benzene rings is 2. The maximum Gasteiger partial charge on any atom is 0.274 e. The normalized spacial score (nSPS) is 19.8. The van der Waals surface area contributed by atoms with Crippen molar-refractivity contribution in [3.63, 3.8) is 0 Å². The van der Waals surface area contributed by atoms with Crippen molar-refractivity contribution in [2.45, 2.75) is 25.0 Å². The molecule has 1 spiro atoms. The molecule has 9 nitrogen and oxygen atoms in total. The molecule has 2 aliphatic heterocycles. The average molecular weight is 449 g/mol. The summed E-state index contributed by atoms with van der Waals surface area (Å²) in [5.41, 5.74) is 1.44. The van der Waals surface area contributed by atoms with E-state index >= 15 is 0 Å². The van der Waals surface area contributed by atoms with Crippen LogP contribution in [0.5, 0.6) is 23.3 Å². The first-order valence-corrected chi connectivity index (χ1v) is 10.3. The van der Waals surface area contributed by atoms with E-state index in [1.54, 1.807) is 0 Å². The van der Waals surface area contributed by atoms with Gasteiger partial charge < -0.3 is 24.6 Å². The van der Waals surface area contributed by atoms with Crippen molar-refractivity contribution >= 4 is 17.5 Å². The number of fused-ring (bicyclic) bond motifs is 2. The lowest BCUT2D eigenvalue weighted by molar-refractivity contribution is -0.385. The standard InChI is InChI=1S/C24H23N3O6/c1-23(2)17-12-15(26-20(28)7-8-21(26)29)5-6-18(17)25(3)24(23)10-9-14-11-16(27(30)31)13-19(32-4)22(14)33-24/h5-13,28-29H,1-4H3. The van der Waals surface area contributed by atoms with Gasteiger partial charge in [-0.05, 0) is 49.8 Å². The number of nitrogens with zero attached hydrogens (tertiary/aromatic N) is 3. The van der Waals surface area contributed by atoms with Crippen molar-refractivity contribution in [2.24, 2.45) is 0 Å². The molecule has 0 saturated carbocycles. The van der Waals surface area contributed by atoms with E-state index in [0.717, 1.165) is 11.3 Å². The molecule has 0 amide bonds. The number of likely N-dealkylation sites (N-methyl/N-ethyl adjacent to an activating group) is 1. The number of hydrogen-bond acceptors (Lipinski definition) is 7. The van der Waals surface area contributed by atoms with Crippen LogP contribution in [0.15, 0.2) is 48.5 Å². The van der Waals surface area contributed by atoms with E-state index in [2.05, 4.69) is 0 Å². The predicted molar refractivity (Wildman–Crippen MR) is 123 cm³/mol. The van der Waals surface area contributed by atoms with Crippen LogP contribution in [0.1, 0.15) is 25.0 Å². The second-order valence-electron chi connectivity index (χ2n) is 8.73. The molecular weight excluding hydrogens is 426 g/mol.